The predicted octanol–water partition coefficient (Wildman–Crippen LogP) is 1.48. The van der Waals surface area contributed by atoms with Crippen LogP contribution in [0.1, 0.15) is 31.5 Å². The lowest BCUT2D eigenvalue weighted by molar-refractivity contribution is -0.121. The van der Waals surface area contributed by atoms with Crippen LogP contribution in [0.2, 0.25) is 0 Å². The van der Waals surface area contributed by atoms with Gasteiger partial charge in [0.1, 0.15) is 11.8 Å². The molecule has 2 unspecified atom stereocenters. The van der Waals surface area contributed by atoms with Gasteiger partial charge in [-0.1, -0.05) is 0 Å². The lowest BCUT2D eigenvalue weighted by Crippen LogP contribution is -2.32. The van der Waals surface area contributed by atoms with Gasteiger partial charge in [0.15, 0.2) is 0 Å². The normalized spacial score (nSPS) is 14.9. The Labute approximate surface area is 88.5 Å². The van der Waals surface area contributed by atoms with Gasteiger partial charge in [0.25, 0.3) is 0 Å². The number of nitrogens with one attached hydrogen (secondary N) is 1. The molecule has 14 heavy (non-hydrogen) atoms. The average molecular weight is 214 g/mol. The summed E-state index contributed by atoms with van der Waals surface area (Å²) < 4.78 is 5.28. The zero-order valence-corrected chi connectivity index (χ0v) is 9.34. The van der Waals surface area contributed by atoms with Crippen LogP contribution in [0.5, 0.6) is 0 Å². The highest BCUT2D eigenvalue weighted by atomic mass is 32.1. The van der Waals surface area contributed by atoms with Crippen molar-refractivity contribution in [3.63, 3.8) is 0 Å². The minimum atomic E-state index is -0.325. The second-order valence-corrected chi connectivity index (χ2v) is 3.99. The third-order valence-electron chi connectivity index (χ3n) is 1.75. The number of oxazole rings is 1. The van der Waals surface area contributed by atoms with Gasteiger partial charge < -0.3 is 9.73 Å². The quantitative estimate of drug-likeness (QED) is 0.749. The summed E-state index contributed by atoms with van der Waals surface area (Å²) in [4.78, 5) is 15.3. The van der Waals surface area contributed by atoms with Gasteiger partial charge in [0, 0.05) is 0 Å². The number of rotatable bonds is 3. The topological polar surface area (TPSA) is 55.1 Å². The third kappa shape index (κ3) is 2.77. The smallest absolute Gasteiger partial charge is 0.233 e. The molecule has 1 rings (SSSR count). The van der Waals surface area contributed by atoms with Crippen LogP contribution in [0, 0.1) is 6.92 Å². The summed E-state index contributed by atoms with van der Waals surface area (Å²) in [5.74, 6) is 1.13. The van der Waals surface area contributed by atoms with E-state index in [-0.39, 0.29) is 17.2 Å². The molecule has 5 heteroatoms. The molecule has 78 valence electrons. The minimum Gasteiger partial charge on any atom is -0.444 e. The van der Waals surface area contributed by atoms with Crippen molar-refractivity contribution < 1.29 is 9.21 Å². The SMILES string of the molecule is Cc1cnc(C(C)NC(=O)C(C)S)o1. The zero-order valence-electron chi connectivity index (χ0n) is 8.44. The maximum absolute atomic E-state index is 11.3. The van der Waals surface area contributed by atoms with Gasteiger partial charge >= 0.3 is 0 Å². The van der Waals surface area contributed by atoms with E-state index in [9.17, 15) is 4.79 Å². The van der Waals surface area contributed by atoms with Crippen molar-refractivity contribution >= 4 is 18.5 Å². The lowest BCUT2D eigenvalue weighted by Gasteiger charge is -2.11. The third-order valence-corrected chi connectivity index (χ3v) is 1.98. The Morgan fingerprint density at radius 1 is 1.64 bits per heavy atom. The van der Waals surface area contributed by atoms with Gasteiger partial charge in [-0.3, -0.25) is 4.79 Å². The number of carbonyl (C=O) groups is 1. The molecule has 0 bridgehead atoms. The van der Waals surface area contributed by atoms with E-state index in [0.717, 1.165) is 5.76 Å². The van der Waals surface area contributed by atoms with Crippen molar-refractivity contribution in [3.8, 4) is 0 Å². The molecule has 1 aromatic rings. The number of aryl methyl sites for hydroxylation is 1. The molecule has 0 spiro atoms. The zero-order chi connectivity index (χ0) is 10.7. The molecule has 0 aliphatic rings. The number of hydrogen-bond donors (Lipinski definition) is 2. The summed E-state index contributed by atoms with van der Waals surface area (Å²) in [5, 5.41) is 2.41. The Kier molecular flexibility index (Phi) is 3.57. The van der Waals surface area contributed by atoms with E-state index < -0.39 is 0 Å². The molecule has 4 nitrogen and oxygen atoms in total. The first-order valence-corrected chi connectivity index (χ1v) is 4.93. The highest BCUT2D eigenvalue weighted by Crippen LogP contribution is 2.12. The molecule has 1 aromatic heterocycles. The second-order valence-electron chi connectivity index (χ2n) is 3.22. The van der Waals surface area contributed by atoms with Crippen LogP contribution in [-0.4, -0.2) is 16.1 Å². The highest BCUT2D eigenvalue weighted by Gasteiger charge is 2.16. The molecule has 0 aliphatic heterocycles. The van der Waals surface area contributed by atoms with E-state index in [1.54, 1.807) is 13.1 Å². The number of hydrogen-bond acceptors (Lipinski definition) is 4. The van der Waals surface area contributed by atoms with Crippen molar-refractivity contribution in [2.24, 2.45) is 0 Å². The first kappa shape index (κ1) is 11.1. The van der Waals surface area contributed by atoms with Crippen LogP contribution in [0.4, 0.5) is 0 Å². The number of amides is 1. The van der Waals surface area contributed by atoms with Gasteiger partial charge in [-0.25, -0.2) is 4.98 Å². The van der Waals surface area contributed by atoms with Gasteiger partial charge in [-0.2, -0.15) is 12.6 Å². The Hall–Kier alpha value is -0.970. The van der Waals surface area contributed by atoms with E-state index >= 15 is 0 Å². The maximum Gasteiger partial charge on any atom is 0.233 e. The van der Waals surface area contributed by atoms with E-state index in [2.05, 4.69) is 22.9 Å². The average Bonchev–Trinajstić information content (AvgIpc) is 2.51. The lowest BCUT2D eigenvalue weighted by atomic mass is 10.3. The molecule has 2 atom stereocenters. The fourth-order valence-electron chi connectivity index (χ4n) is 0.968. The molecule has 0 aliphatic carbocycles. The molecular weight excluding hydrogens is 200 g/mol. The summed E-state index contributed by atoms with van der Waals surface area (Å²) in [7, 11) is 0. The molecule has 0 saturated heterocycles. The highest BCUT2D eigenvalue weighted by molar-refractivity contribution is 7.81. The van der Waals surface area contributed by atoms with Crippen molar-refractivity contribution in [2.45, 2.75) is 32.1 Å². The van der Waals surface area contributed by atoms with Crippen LogP contribution < -0.4 is 5.32 Å². The summed E-state index contributed by atoms with van der Waals surface area (Å²) in [5.41, 5.74) is 0. The van der Waals surface area contributed by atoms with Crippen LogP contribution in [0.25, 0.3) is 0 Å². The van der Waals surface area contributed by atoms with Crippen molar-refractivity contribution in [1.29, 1.82) is 0 Å². The Morgan fingerprint density at radius 2 is 2.29 bits per heavy atom. The van der Waals surface area contributed by atoms with Crippen LogP contribution >= 0.6 is 12.6 Å². The van der Waals surface area contributed by atoms with Gasteiger partial charge in [0.2, 0.25) is 11.8 Å². The summed E-state index contributed by atoms with van der Waals surface area (Å²) >= 11 is 4.02. The van der Waals surface area contributed by atoms with E-state index in [4.69, 9.17) is 4.42 Å². The molecular formula is C9H14N2O2S. The molecule has 1 amide bonds. The first-order valence-electron chi connectivity index (χ1n) is 4.41. The molecule has 0 aromatic carbocycles. The monoisotopic (exact) mass is 214 g/mol. The minimum absolute atomic E-state index is 0.128. The van der Waals surface area contributed by atoms with Crippen molar-refractivity contribution in [3.05, 3.63) is 17.8 Å². The van der Waals surface area contributed by atoms with Crippen molar-refractivity contribution in [2.75, 3.05) is 0 Å². The standard InChI is InChI=1S/C9H14N2O2S/c1-5-4-10-9(13-5)6(2)11-8(12)7(3)14/h4,6-7,14H,1-3H3,(H,11,12). The maximum atomic E-state index is 11.3. The van der Waals surface area contributed by atoms with Gasteiger partial charge in [-0.15, -0.1) is 0 Å². The molecule has 1 N–H and O–H groups in total. The molecule has 1 heterocycles. The van der Waals surface area contributed by atoms with E-state index in [1.165, 1.54) is 0 Å². The van der Waals surface area contributed by atoms with Gasteiger partial charge in [0.05, 0.1) is 11.4 Å². The largest absolute Gasteiger partial charge is 0.444 e. The van der Waals surface area contributed by atoms with Crippen LogP contribution in [0.3, 0.4) is 0 Å². The fraction of sp³-hybridized carbons (Fsp3) is 0.556. The van der Waals surface area contributed by atoms with Crippen molar-refractivity contribution in [1.82, 2.24) is 10.3 Å². The Bertz CT molecular complexity index is 322. The number of aromatic nitrogens is 1. The number of nitrogens with zero attached hydrogens (tertiary/aromatic N) is 1. The fourth-order valence-corrected chi connectivity index (χ4v) is 1.04. The van der Waals surface area contributed by atoms with E-state index in [1.807, 2.05) is 13.8 Å². The van der Waals surface area contributed by atoms with Crippen LogP contribution in [-0.2, 0) is 4.79 Å². The molecule has 0 radical (unpaired) electrons. The Morgan fingerprint density at radius 3 is 2.71 bits per heavy atom. The number of carbonyl (C=O) groups excluding carboxylic acids is 1. The molecule has 0 fully saturated rings. The summed E-state index contributed by atoms with van der Waals surface area (Å²) in [6, 6.07) is -0.217. The first-order chi connectivity index (χ1) is 6.50. The van der Waals surface area contributed by atoms with Gasteiger partial charge in [-0.05, 0) is 20.8 Å². The summed E-state index contributed by atoms with van der Waals surface area (Å²) in [6.45, 7) is 5.34. The molecule has 0 saturated carbocycles. The summed E-state index contributed by atoms with van der Waals surface area (Å²) in [6.07, 6.45) is 1.63. The Balaban J connectivity index is 2.59. The van der Waals surface area contributed by atoms with E-state index in [0.29, 0.717) is 5.89 Å². The predicted molar refractivity (Wildman–Crippen MR) is 56.2 cm³/mol. The number of thiol groups is 1. The second kappa shape index (κ2) is 4.50. The van der Waals surface area contributed by atoms with Crippen LogP contribution in [0.15, 0.2) is 10.6 Å².